The minimum Gasteiger partial charge on any atom is -0.480 e. The molecule has 2 aromatic rings. The maximum Gasteiger partial charge on any atom is 0.318 e. The van der Waals surface area contributed by atoms with Crippen molar-refractivity contribution >= 4 is 27.0 Å². The fourth-order valence-corrected chi connectivity index (χ4v) is 3.89. The number of hydrogen-bond acceptors (Lipinski definition) is 4. The second-order valence-corrected chi connectivity index (χ2v) is 7.09. The Balaban J connectivity index is 2.01. The molecule has 2 aromatic heterocycles. The van der Waals surface area contributed by atoms with E-state index in [9.17, 15) is 13.2 Å². The number of pyridine rings is 1. The highest BCUT2D eigenvalue weighted by atomic mass is 32.2. The quantitative estimate of drug-likeness (QED) is 0.830. The van der Waals surface area contributed by atoms with E-state index in [-0.39, 0.29) is 17.4 Å². The number of carboxylic acid groups (broad SMARTS) is 1. The molecule has 0 atom stereocenters. The van der Waals surface area contributed by atoms with Crippen LogP contribution in [-0.2, 0) is 14.8 Å². The number of hydrogen-bond donors (Lipinski definition) is 2. The second-order valence-electron chi connectivity index (χ2n) is 5.19. The molecule has 0 radical (unpaired) electrons. The smallest absolute Gasteiger partial charge is 0.318 e. The van der Waals surface area contributed by atoms with Crippen molar-refractivity contribution in [1.82, 2.24) is 14.3 Å². The molecule has 1 saturated carbocycles. The Hall–Kier alpha value is -1.93. The number of nitrogens with zero attached hydrogens (tertiary/aromatic N) is 2. The van der Waals surface area contributed by atoms with Crippen LogP contribution >= 0.6 is 0 Å². The van der Waals surface area contributed by atoms with Gasteiger partial charge in [0.15, 0.2) is 0 Å². The molecule has 0 aliphatic heterocycles. The standard InChI is InChI=1S/C13H15N3O4S/c17-12(18)8-16(7-9-3-4-9)21(19,20)11-6-15-13-10(11)2-1-5-14-13/h1-2,5-6,9H,3-4,7-8H2,(H,14,15)(H,17,18). The molecule has 1 aliphatic rings. The van der Waals surface area contributed by atoms with Gasteiger partial charge in [-0.15, -0.1) is 0 Å². The van der Waals surface area contributed by atoms with E-state index in [1.807, 2.05) is 0 Å². The van der Waals surface area contributed by atoms with Gasteiger partial charge in [-0.1, -0.05) is 0 Å². The molecule has 112 valence electrons. The fraction of sp³-hybridized carbons (Fsp3) is 0.385. The van der Waals surface area contributed by atoms with Gasteiger partial charge in [-0.3, -0.25) is 4.79 Å². The number of aliphatic carboxylic acids is 1. The summed E-state index contributed by atoms with van der Waals surface area (Å²) in [7, 11) is -3.85. The number of fused-ring (bicyclic) bond motifs is 1. The first-order valence-corrected chi connectivity index (χ1v) is 8.06. The van der Waals surface area contributed by atoms with Crippen LogP contribution in [0.1, 0.15) is 12.8 Å². The lowest BCUT2D eigenvalue weighted by atomic mass is 10.3. The summed E-state index contributed by atoms with van der Waals surface area (Å²) in [5.41, 5.74) is 0.470. The molecular formula is C13H15N3O4S. The van der Waals surface area contributed by atoms with Gasteiger partial charge in [0.05, 0.1) is 0 Å². The summed E-state index contributed by atoms with van der Waals surface area (Å²) < 4.78 is 26.5. The fourth-order valence-electron chi connectivity index (χ4n) is 2.27. The number of carbonyl (C=O) groups is 1. The zero-order valence-corrected chi connectivity index (χ0v) is 12.0. The molecule has 0 bridgehead atoms. The van der Waals surface area contributed by atoms with E-state index < -0.39 is 22.5 Å². The maximum atomic E-state index is 12.7. The van der Waals surface area contributed by atoms with E-state index in [0.717, 1.165) is 17.1 Å². The van der Waals surface area contributed by atoms with Crippen LogP contribution < -0.4 is 0 Å². The molecule has 2 N–H and O–H groups in total. The van der Waals surface area contributed by atoms with Crippen LogP contribution in [0.4, 0.5) is 0 Å². The van der Waals surface area contributed by atoms with Crippen LogP contribution in [0.15, 0.2) is 29.4 Å². The van der Waals surface area contributed by atoms with Gasteiger partial charge in [-0.25, -0.2) is 13.4 Å². The lowest BCUT2D eigenvalue weighted by molar-refractivity contribution is -0.137. The average Bonchev–Trinajstić information content (AvgIpc) is 3.13. The predicted octanol–water partition coefficient (Wildman–Crippen LogP) is 1.05. The van der Waals surface area contributed by atoms with Gasteiger partial charge >= 0.3 is 5.97 Å². The minimum atomic E-state index is -3.85. The number of sulfonamides is 1. The molecule has 0 aromatic carbocycles. The van der Waals surface area contributed by atoms with Crippen molar-refractivity contribution in [3.05, 3.63) is 24.5 Å². The molecular weight excluding hydrogens is 294 g/mol. The number of aromatic amines is 1. The van der Waals surface area contributed by atoms with Crippen molar-refractivity contribution in [3.8, 4) is 0 Å². The van der Waals surface area contributed by atoms with Crippen LogP contribution in [-0.4, -0.2) is 46.9 Å². The van der Waals surface area contributed by atoms with E-state index in [2.05, 4.69) is 9.97 Å². The summed E-state index contributed by atoms with van der Waals surface area (Å²) in [6.45, 7) is -0.270. The van der Waals surface area contributed by atoms with Crippen LogP contribution in [0, 0.1) is 5.92 Å². The normalized spacial score (nSPS) is 15.7. The summed E-state index contributed by atoms with van der Waals surface area (Å²) in [6.07, 6.45) is 4.82. The summed E-state index contributed by atoms with van der Waals surface area (Å²) in [4.78, 5) is 17.9. The largest absolute Gasteiger partial charge is 0.480 e. The molecule has 0 amide bonds. The van der Waals surface area contributed by atoms with Crippen molar-refractivity contribution in [2.45, 2.75) is 17.7 Å². The number of H-pyrrole nitrogens is 1. The van der Waals surface area contributed by atoms with Crippen molar-refractivity contribution in [3.63, 3.8) is 0 Å². The SMILES string of the molecule is O=C(O)CN(CC1CC1)S(=O)(=O)c1c[nH]c2ncccc12. The number of nitrogens with one attached hydrogen (secondary N) is 1. The van der Waals surface area contributed by atoms with Gasteiger partial charge in [0.1, 0.15) is 17.1 Å². The highest BCUT2D eigenvalue weighted by Crippen LogP contribution is 2.32. The first-order chi connectivity index (χ1) is 9.98. The Morgan fingerprint density at radius 1 is 1.48 bits per heavy atom. The summed E-state index contributed by atoms with van der Waals surface area (Å²) >= 11 is 0. The minimum absolute atomic E-state index is 0.0764. The highest BCUT2D eigenvalue weighted by molar-refractivity contribution is 7.89. The van der Waals surface area contributed by atoms with Gasteiger partial charge in [0.25, 0.3) is 0 Å². The lowest BCUT2D eigenvalue weighted by Gasteiger charge is -2.19. The predicted molar refractivity (Wildman–Crippen MR) is 75.2 cm³/mol. The number of aromatic nitrogens is 2. The molecule has 0 unspecified atom stereocenters. The molecule has 0 spiro atoms. The van der Waals surface area contributed by atoms with Crippen LogP contribution in [0.5, 0.6) is 0 Å². The molecule has 2 heterocycles. The molecule has 0 saturated heterocycles. The zero-order chi connectivity index (χ0) is 15.0. The number of carboxylic acids is 1. The third kappa shape index (κ3) is 2.77. The van der Waals surface area contributed by atoms with Gasteiger partial charge in [-0.2, -0.15) is 4.31 Å². The molecule has 21 heavy (non-hydrogen) atoms. The topological polar surface area (TPSA) is 103 Å². The Labute approximate surface area is 121 Å². The molecule has 1 aliphatic carbocycles. The van der Waals surface area contributed by atoms with Crippen LogP contribution in [0.2, 0.25) is 0 Å². The van der Waals surface area contributed by atoms with E-state index in [1.54, 1.807) is 18.3 Å². The lowest BCUT2D eigenvalue weighted by Crippen LogP contribution is -2.37. The summed E-state index contributed by atoms with van der Waals surface area (Å²) in [5, 5.41) is 9.44. The Bertz CT molecular complexity index is 780. The summed E-state index contributed by atoms with van der Waals surface area (Å²) in [6, 6.07) is 3.30. The summed E-state index contributed by atoms with van der Waals surface area (Å²) in [5.74, 6) is -0.889. The Kier molecular flexibility index (Phi) is 3.42. The van der Waals surface area contributed by atoms with E-state index >= 15 is 0 Å². The van der Waals surface area contributed by atoms with Gasteiger partial charge in [0, 0.05) is 24.3 Å². The van der Waals surface area contributed by atoms with Crippen LogP contribution in [0.3, 0.4) is 0 Å². The Morgan fingerprint density at radius 2 is 2.24 bits per heavy atom. The first kappa shape index (κ1) is 14.0. The second kappa shape index (κ2) is 5.12. The third-order valence-corrected chi connectivity index (χ3v) is 5.35. The maximum absolute atomic E-state index is 12.7. The van der Waals surface area contributed by atoms with Gasteiger partial charge in [-0.05, 0) is 30.9 Å². The number of rotatable bonds is 6. The highest BCUT2D eigenvalue weighted by Gasteiger charge is 2.34. The third-order valence-electron chi connectivity index (χ3n) is 3.50. The van der Waals surface area contributed by atoms with Crippen LogP contribution in [0.25, 0.3) is 11.0 Å². The molecule has 7 nitrogen and oxygen atoms in total. The van der Waals surface area contributed by atoms with E-state index in [1.165, 1.54) is 6.20 Å². The first-order valence-electron chi connectivity index (χ1n) is 6.62. The average molecular weight is 309 g/mol. The van der Waals surface area contributed by atoms with Crippen molar-refractivity contribution in [2.75, 3.05) is 13.1 Å². The van der Waals surface area contributed by atoms with Crippen molar-refractivity contribution < 1.29 is 18.3 Å². The van der Waals surface area contributed by atoms with Crippen molar-refractivity contribution in [1.29, 1.82) is 0 Å². The van der Waals surface area contributed by atoms with E-state index in [0.29, 0.717) is 11.0 Å². The van der Waals surface area contributed by atoms with E-state index in [4.69, 9.17) is 5.11 Å². The van der Waals surface area contributed by atoms with Gasteiger partial charge in [0.2, 0.25) is 10.0 Å². The monoisotopic (exact) mass is 309 g/mol. The van der Waals surface area contributed by atoms with Crippen molar-refractivity contribution in [2.24, 2.45) is 5.92 Å². The van der Waals surface area contributed by atoms with Gasteiger partial charge < -0.3 is 10.1 Å². The molecule has 8 heteroatoms. The molecule has 3 rings (SSSR count). The zero-order valence-electron chi connectivity index (χ0n) is 11.2. The molecule has 1 fully saturated rings. The Morgan fingerprint density at radius 3 is 2.90 bits per heavy atom.